The number of carbonyl (C=O) groups is 1. The Kier molecular flexibility index (Phi) is 6.15. The van der Waals surface area contributed by atoms with E-state index in [1.165, 1.54) is 5.56 Å². The molecule has 0 bridgehead atoms. The number of hydrogen-bond acceptors (Lipinski definition) is 5. The summed E-state index contributed by atoms with van der Waals surface area (Å²) < 4.78 is 11.1. The largest absolute Gasteiger partial charge is 0.493 e. The molecule has 0 aromatic heterocycles. The minimum Gasteiger partial charge on any atom is -0.493 e. The number of nitrogens with zero attached hydrogens (tertiary/aromatic N) is 2. The van der Waals surface area contributed by atoms with Crippen molar-refractivity contribution in [2.75, 3.05) is 27.3 Å². The zero-order chi connectivity index (χ0) is 21.8. The van der Waals surface area contributed by atoms with Crippen LogP contribution in [0.25, 0.3) is 0 Å². The molecule has 2 aromatic rings. The van der Waals surface area contributed by atoms with Crippen molar-refractivity contribution in [1.29, 1.82) is 5.26 Å². The first-order valence-electron chi connectivity index (χ1n) is 10.9. The highest BCUT2D eigenvalue weighted by molar-refractivity contribution is 5.79. The number of methoxy groups -OCH3 is 2. The normalized spacial score (nSPS) is 19.8. The van der Waals surface area contributed by atoms with Crippen LogP contribution in [0.3, 0.4) is 0 Å². The number of hydrogen-bond donors (Lipinski definition) is 1. The average Bonchev–Trinajstić information content (AvgIpc) is 3.27. The molecule has 0 saturated heterocycles. The molecule has 1 aliphatic heterocycles. The lowest BCUT2D eigenvalue weighted by molar-refractivity contribution is -0.124. The smallest absolute Gasteiger partial charge is 0.235 e. The molecule has 1 amide bonds. The van der Waals surface area contributed by atoms with E-state index >= 15 is 0 Å². The molecule has 162 valence electrons. The third-order valence-electron chi connectivity index (χ3n) is 6.49. The number of carbonyl (C=O) groups excluding carboxylic acids is 1. The first-order valence-corrected chi connectivity index (χ1v) is 10.9. The second-order valence-corrected chi connectivity index (χ2v) is 8.39. The van der Waals surface area contributed by atoms with E-state index in [-0.39, 0.29) is 18.5 Å². The van der Waals surface area contributed by atoms with Crippen LogP contribution in [0.5, 0.6) is 11.5 Å². The summed E-state index contributed by atoms with van der Waals surface area (Å²) in [5.41, 5.74) is 2.74. The van der Waals surface area contributed by atoms with Gasteiger partial charge in [-0.25, -0.2) is 0 Å². The monoisotopic (exact) mass is 419 g/mol. The van der Waals surface area contributed by atoms with E-state index in [1.807, 2.05) is 30.3 Å². The van der Waals surface area contributed by atoms with E-state index in [4.69, 9.17) is 9.47 Å². The van der Waals surface area contributed by atoms with Crippen LogP contribution in [0.2, 0.25) is 0 Å². The molecule has 1 atom stereocenters. The number of fused-ring (bicyclic) bond motifs is 1. The van der Waals surface area contributed by atoms with E-state index in [1.54, 1.807) is 14.2 Å². The fraction of sp³-hybridized carbons (Fsp3) is 0.440. The molecular formula is C25H29N3O3. The fourth-order valence-corrected chi connectivity index (χ4v) is 4.93. The van der Waals surface area contributed by atoms with Gasteiger partial charge < -0.3 is 14.8 Å². The van der Waals surface area contributed by atoms with E-state index in [0.717, 1.165) is 55.5 Å². The Morgan fingerprint density at radius 2 is 1.84 bits per heavy atom. The van der Waals surface area contributed by atoms with Gasteiger partial charge in [0.25, 0.3) is 0 Å². The van der Waals surface area contributed by atoms with Gasteiger partial charge >= 0.3 is 0 Å². The van der Waals surface area contributed by atoms with Crippen LogP contribution in [0, 0.1) is 11.3 Å². The Bertz CT molecular complexity index is 977. The van der Waals surface area contributed by atoms with Gasteiger partial charge in [-0.3, -0.25) is 9.69 Å². The van der Waals surface area contributed by atoms with Gasteiger partial charge in [-0.2, -0.15) is 5.26 Å². The summed E-state index contributed by atoms with van der Waals surface area (Å²) in [6.45, 7) is 0.992. The topological polar surface area (TPSA) is 74.6 Å². The van der Waals surface area contributed by atoms with Gasteiger partial charge in [-0.15, -0.1) is 0 Å². The third-order valence-corrected chi connectivity index (χ3v) is 6.49. The molecule has 4 rings (SSSR count). The van der Waals surface area contributed by atoms with Crippen molar-refractivity contribution in [3.8, 4) is 17.6 Å². The number of nitriles is 1. The predicted molar refractivity (Wildman–Crippen MR) is 118 cm³/mol. The van der Waals surface area contributed by atoms with E-state index in [9.17, 15) is 10.1 Å². The van der Waals surface area contributed by atoms with E-state index < -0.39 is 5.54 Å². The van der Waals surface area contributed by atoms with Crippen LogP contribution in [0.4, 0.5) is 0 Å². The van der Waals surface area contributed by atoms with Gasteiger partial charge in [0.05, 0.1) is 32.9 Å². The van der Waals surface area contributed by atoms with Crippen molar-refractivity contribution in [2.45, 2.75) is 43.7 Å². The Morgan fingerprint density at radius 3 is 2.48 bits per heavy atom. The zero-order valence-corrected chi connectivity index (χ0v) is 18.2. The quantitative estimate of drug-likeness (QED) is 0.774. The molecule has 2 aromatic carbocycles. The SMILES string of the molecule is COc1cc2c(cc1OC)[C@@H](c1ccccc1)N(CC(=O)NC1(C#N)CCCC1)CC2. The van der Waals surface area contributed by atoms with Gasteiger partial charge in [0.15, 0.2) is 11.5 Å². The molecular weight excluding hydrogens is 390 g/mol. The third kappa shape index (κ3) is 4.24. The van der Waals surface area contributed by atoms with Crippen molar-refractivity contribution in [1.82, 2.24) is 10.2 Å². The zero-order valence-electron chi connectivity index (χ0n) is 18.2. The highest BCUT2D eigenvalue weighted by atomic mass is 16.5. The van der Waals surface area contributed by atoms with Crippen molar-refractivity contribution in [2.24, 2.45) is 0 Å². The molecule has 0 unspecified atom stereocenters. The van der Waals surface area contributed by atoms with Crippen LogP contribution in [-0.2, 0) is 11.2 Å². The van der Waals surface area contributed by atoms with Crippen molar-refractivity contribution in [3.63, 3.8) is 0 Å². The lowest BCUT2D eigenvalue weighted by Crippen LogP contribution is -2.50. The summed E-state index contributed by atoms with van der Waals surface area (Å²) in [6, 6.07) is 16.6. The van der Waals surface area contributed by atoms with Crippen molar-refractivity contribution in [3.05, 3.63) is 59.2 Å². The molecule has 1 aliphatic carbocycles. The number of benzene rings is 2. The number of amides is 1. The molecule has 1 N–H and O–H groups in total. The summed E-state index contributed by atoms with van der Waals surface area (Å²) in [6.07, 6.45) is 4.25. The Balaban J connectivity index is 1.65. The molecule has 0 radical (unpaired) electrons. The standard InChI is InChI=1S/C25H29N3O3/c1-30-21-14-19-10-13-28(16-23(29)27-25(17-26)11-6-7-12-25)24(18-8-4-3-5-9-18)20(19)15-22(21)31-2/h3-5,8-9,14-15,24H,6-7,10-13,16H2,1-2H3,(H,27,29)/t24-/m1/s1. The first-order chi connectivity index (χ1) is 15.1. The lowest BCUT2D eigenvalue weighted by Gasteiger charge is -2.38. The molecule has 6 nitrogen and oxygen atoms in total. The van der Waals surface area contributed by atoms with Crippen LogP contribution in [0.1, 0.15) is 48.4 Å². The highest BCUT2D eigenvalue weighted by Gasteiger charge is 2.37. The molecule has 1 heterocycles. The summed E-state index contributed by atoms with van der Waals surface area (Å²) in [4.78, 5) is 15.2. The number of nitrogens with one attached hydrogen (secondary N) is 1. The van der Waals surface area contributed by atoms with Gasteiger partial charge in [-0.1, -0.05) is 30.3 Å². The maximum absolute atomic E-state index is 13.0. The van der Waals surface area contributed by atoms with Gasteiger partial charge in [0.2, 0.25) is 5.91 Å². The van der Waals surface area contributed by atoms with Crippen LogP contribution in [0.15, 0.2) is 42.5 Å². The maximum Gasteiger partial charge on any atom is 0.235 e. The van der Waals surface area contributed by atoms with Gasteiger partial charge in [-0.05, 0) is 60.9 Å². The predicted octanol–water partition coefficient (Wildman–Crippen LogP) is 3.60. The second-order valence-electron chi connectivity index (χ2n) is 8.39. The number of ether oxygens (including phenoxy) is 2. The van der Waals surface area contributed by atoms with E-state index in [0.29, 0.717) is 5.75 Å². The Labute approximate surface area is 183 Å². The van der Waals surface area contributed by atoms with Crippen molar-refractivity contribution < 1.29 is 14.3 Å². The van der Waals surface area contributed by atoms with Gasteiger partial charge in [0.1, 0.15) is 5.54 Å². The molecule has 2 aliphatic rings. The average molecular weight is 420 g/mol. The second kappa shape index (κ2) is 8.99. The maximum atomic E-state index is 13.0. The lowest BCUT2D eigenvalue weighted by atomic mass is 9.87. The minimum atomic E-state index is -0.705. The minimum absolute atomic E-state index is 0.0721. The molecule has 1 fully saturated rings. The van der Waals surface area contributed by atoms with Crippen LogP contribution >= 0.6 is 0 Å². The Morgan fingerprint density at radius 1 is 1.16 bits per heavy atom. The first kappa shape index (κ1) is 21.2. The van der Waals surface area contributed by atoms with Crippen LogP contribution in [-0.4, -0.2) is 43.7 Å². The summed E-state index contributed by atoms with van der Waals surface area (Å²) in [7, 11) is 3.28. The molecule has 31 heavy (non-hydrogen) atoms. The van der Waals surface area contributed by atoms with E-state index in [2.05, 4.69) is 28.4 Å². The molecule has 0 spiro atoms. The number of rotatable bonds is 6. The van der Waals surface area contributed by atoms with Gasteiger partial charge in [0, 0.05) is 6.54 Å². The fourth-order valence-electron chi connectivity index (χ4n) is 4.93. The summed E-state index contributed by atoms with van der Waals surface area (Å²) >= 11 is 0. The van der Waals surface area contributed by atoms with Crippen molar-refractivity contribution >= 4 is 5.91 Å². The van der Waals surface area contributed by atoms with Crippen LogP contribution < -0.4 is 14.8 Å². The Hall–Kier alpha value is -3.04. The summed E-state index contributed by atoms with van der Waals surface area (Å²) in [5.74, 6) is 1.31. The summed E-state index contributed by atoms with van der Waals surface area (Å²) in [5, 5.41) is 12.7. The highest BCUT2D eigenvalue weighted by Crippen LogP contribution is 2.41. The molecule has 1 saturated carbocycles. The molecule has 6 heteroatoms.